The van der Waals surface area contributed by atoms with Gasteiger partial charge in [0.1, 0.15) is 22.5 Å². The van der Waals surface area contributed by atoms with Gasteiger partial charge in [0.25, 0.3) is 0 Å². The summed E-state index contributed by atoms with van der Waals surface area (Å²) in [6, 6.07) is 6.82. The van der Waals surface area contributed by atoms with Crippen LogP contribution < -0.4 is 18.9 Å². The van der Waals surface area contributed by atoms with Gasteiger partial charge in [0.05, 0.1) is 14.2 Å². The summed E-state index contributed by atoms with van der Waals surface area (Å²) in [4.78, 5) is 8.69. The van der Waals surface area contributed by atoms with Crippen LogP contribution in [0, 0.1) is 13.8 Å². The van der Waals surface area contributed by atoms with Crippen LogP contribution >= 0.6 is 0 Å². The van der Waals surface area contributed by atoms with Crippen molar-refractivity contribution in [2.75, 3.05) is 14.2 Å². The van der Waals surface area contributed by atoms with E-state index in [1.165, 1.54) is 20.3 Å². The van der Waals surface area contributed by atoms with Gasteiger partial charge in [0, 0.05) is 23.5 Å². The van der Waals surface area contributed by atoms with Gasteiger partial charge in [-0.15, -0.1) is 0 Å². The number of sulfonamides is 1. The SMILES string of the molecule is COc1ccc(OC)c(S(=O)(=O)NC2CCC(Oc3nc(C)cc(C)n3)CC2)c1. The van der Waals surface area contributed by atoms with E-state index in [0.717, 1.165) is 24.2 Å². The number of aryl methyl sites for hydroxylation is 2. The Balaban J connectivity index is 1.63. The van der Waals surface area contributed by atoms with Crippen LogP contribution in [-0.2, 0) is 10.0 Å². The molecule has 0 atom stereocenters. The van der Waals surface area contributed by atoms with Crippen molar-refractivity contribution in [3.05, 3.63) is 35.7 Å². The molecule has 1 heterocycles. The lowest BCUT2D eigenvalue weighted by Gasteiger charge is -2.29. The predicted molar refractivity (Wildman–Crippen MR) is 108 cm³/mol. The number of aromatic nitrogens is 2. The number of nitrogens with zero attached hydrogens (tertiary/aromatic N) is 2. The Labute approximate surface area is 171 Å². The number of hydrogen-bond donors (Lipinski definition) is 1. The summed E-state index contributed by atoms with van der Waals surface area (Å²) in [5, 5.41) is 0. The fourth-order valence-electron chi connectivity index (χ4n) is 3.47. The molecule has 1 aromatic carbocycles. The number of nitrogens with one attached hydrogen (secondary N) is 1. The molecule has 1 aromatic heterocycles. The molecular weight excluding hydrogens is 394 g/mol. The Morgan fingerprint density at radius 3 is 2.21 bits per heavy atom. The summed E-state index contributed by atoms with van der Waals surface area (Å²) in [7, 11) is -0.808. The lowest BCUT2D eigenvalue weighted by molar-refractivity contribution is 0.131. The van der Waals surface area contributed by atoms with E-state index in [9.17, 15) is 8.42 Å². The largest absolute Gasteiger partial charge is 0.497 e. The molecule has 29 heavy (non-hydrogen) atoms. The van der Waals surface area contributed by atoms with Gasteiger partial charge in [-0.1, -0.05) is 0 Å². The van der Waals surface area contributed by atoms with Crippen LogP contribution in [0.2, 0.25) is 0 Å². The monoisotopic (exact) mass is 421 g/mol. The van der Waals surface area contributed by atoms with Crippen LogP contribution in [0.15, 0.2) is 29.2 Å². The minimum absolute atomic E-state index is 0.0247. The van der Waals surface area contributed by atoms with Crippen molar-refractivity contribution in [2.24, 2.45) is 0 Å². The topological polar surface area (TPSA) is 99.6 Å². The van der Waals surface area contributed by atoms with Gasteiger partial charge in [0.15, 0.2) is 0 Å². The third-order valence-electron chi connectivity index (χ3n) is 4.89. The summed E-state index contributed by atoms with van der Waals surface area (Å²) >= 11 is 0. The minimum atomic E-state index is -3.74. The smallest absolute Gasteiger partial charge is 0.317 e. The molecule has 0 spiro atoms. The zero-order chi connectivity index (χ0) is 21.0. The summed E-state index contributed by atoms with van der Waals surface area (Å²) in [5.41, 5.74) is 1.72. The third kappa shape index (κ3) is 5.36. The molecule has 1 aliphatic carbocycles. The molecule has 8 nitrogen and oxygen atoms in total. The summed E-state index contributed by atoms with van der Waals surface area (Å²) in [6.07, 6.45) is 2.75. The summed E-state index contributed by atoms with van der Waals surface area (Å²) < 4.78 is 44.9. The Kier molecular flexibility index (Phi) is 6.59. The highest BCUT2D eigenvalue weighted by molar-refractivity contribution is 7.89. The average Bonchev–Trinajstić information content (AvgIpc) is 2.68. The van der Waals surface area contributed by atoms with E-state index in [0.29, 0.717) is 24.6 Å². The molecule has 0 bridgehead atoms. The maximum atomic E-state index is 12.9. The van der Waals surface area contributed by atoms with Crippen molar-refractivity contribution in [3.63, 3.8) is 0 Å². The normalized spacial score (nSPS) is 19.6. The van der Waals surface area contributed by atoms with E-state index in [1.54, 1.807) is 12.1 Å². The number of benzene rings is 1. The highest BCUT2D eigenvalue weighted by atomic mass is 32.2. The van der Waals surface area contributed by atoms with E-state index in [1.807, 2.05) is 19.9 Å². The van der Waals surface area contributed by atoms with Gasteiger partial charge in [-0.25, -0.2) is 23.1 Å². The molecule has 9 heteroatoms. The Morgan fingerprint density at radius 2 is 1.62 bits per heavy atom. The molecule has 2 aromatic rings. The molecule has 0 unspecified atom stereocenters. The molecule has 0 saturated heterocycles. The van der Waals surface area contributed by atoms with Crippen molar-refractivity contribution in [1.29, 1.82) is 0 Å². The molecule has 3 rings (SSSR count). The average molecular weight is 422 g/mol. The summed E-state index contributed by atoms with van der Waals surface area (Å²) in [6.45, 7) is 3.81. The first-order chi connectivity index (χ1) is 13.8. The van der Waals surface area contributed by atoms with E-state index < -0.39 is 10.0 Å². The van der Waals surface area contributed by atoms with Gasteiger partial charge in [-0.2, -0.15) is 0 Å². The van der Waals surface area contributed by atoms with Crippen LogP contribution in [0.5, 0.6) is 17.5 Å². The maximum Gasteiger partial charge on any atom is 0.317 e. The molecule has 158 valence electrons. The zero-order valence-corrected chi connectivity index (χ0v) is 18.0. The second-order valence-corrected chi connectivity index (χ2v) is 8.85. The standard InChI is InChI=1S/C20H27N3O5S/c1-13-11-14(2)22-20(21-13)28-16-7-5-15(6-8-16)23-29(24,25)19-12-17(26-3)9-10-18(19)27-4/h9-12,15-16,23H,5-8H2,1-4H3. The van der Waals surface area contributed by atoms with Crippen molar-refractivity contribution in [2.45, 2.75) is 56.6 Å². The molecule has 1 fully saturated rings. The zero-order valence-electron chi connectivity index (χ0n) is 17.1. The van der Waals surface area contributed by atoms with E-state index in [-0.39, 0.29) is 22.8 Å². The van der Waals surface area contributed by atoms with Crippen molar-refractivity contribution in [3.8, 4) is 17.5 Å². The van der Waals surface area contributed by atoms with E-state index >= 15 is 0 Å². The predicted octanol–water partition coefficient (Wildman–Crippen LogP) is 2.78. The van der Waals surface area contributed by atoms with Gasteiger partial charge in [-0.3, -0.25) is 0 Å². The fourth-order valence-corrected chi connectivity index (χ4v) is 4.96. The van der Waals surface area contributed by atoms with E-state index in [2.05, 4.69) is 14.7 Å². The first kappa shape index (κ1) is 21.3. The second kappa shape index (κ2) is 8.96. The lowest BCUT2D eigenvalue weighted by Crippen LogP contribution is -2.39. The molecule has 1 saturated carbocycles. The second-order valence-electron chi connectivity index (χ2n) is 7.16. The van der Waals surface area contributed by atoms with Crippen LogP contribution in [0.1, 0.15) is 37.1 Å². The summed E-state index contributed by atoms with van der Waals surface area (Å²) in [5.74, 6) is 0.735. The third-order valence-corrected chi connectivity index (χ3v) is 6.43. The highest BCUT2D eigenvalue weighted by Gasteiger charge is 2.29. The van der Waals surface area contributed by atoms with Crippen LogP contribution in [0.3, 0.4) is 0 Å². The van der Waals surface area contributed by atoms with E-state index in [4.69, 9.17) is 14.2 Å². The first-order valence-corrected chi connectivity index (χ1v) is 11.0. The Hall–Kier alpha value is -2.39. The van der Waals surface area contributed by atoms with Gasteiger partial charge >= 0.3 is 6.01 Å². The Morgan fingerprint density at radius 1 is 0.966 bits per heavy atom. The molecule has 0 amide bonds. The molecule has 1 N–H and O–H groups in total. The molecule has 0 aliphatic heterocycles. The van der Waals surface area contributed by atoms with Crippen molar-refractivity contribution in [1.82, 2.24) is 14.7 Å². The van der Waals surface area contributed by atoms with Crippen molar-refractivity contribution < 1.29 is 22.6 Å². The van der Waals surface area contributed by atoms with Crippen molar-refractivity contribution >= 4 is 10.0 Å². The number of ether oxygens (including phenoxy) is 3. The van der Waals surface area contributed by atoms with Gasteiger partial charge < -0.3 is 14.2 Å². The molecule has 0 radical (unpaired) electrons. The quantitative estimate of drug-likeness (QED) is 0.734. The molecule has 1 aliphatic rings. The molecular formula is C20H27N3O5S. The maximum absolute atomic E-state index is 12.9. The van der Waals surface area contributed by atoms with Gasteiger partial charge in [-0.05, 0) is 57.7 Å². The first-order valence-electron chi connectivity index (χ1n) is 9.54. The fraction of sp³-hybridized carbons (Fsp3) is 0.500. The number of methoxy groups -OCH3 is 2. The van der Waals surface area contributed by atoms with Crippen LogP contribution in [0.25, 0.3) is 0 Å². The van der Waals surface area contributed by atoms with Crippen LogP contribution in [-0.4, -0.2) is 44.8 Å². The lowest BCUT2D eigenvalue weighted by atomic mass is 9.94. The van der Waals surface area contributed by atoms with Crippen LogP contribution in [0.4, 0.5) is 0 Å². The Bertz CT molecular complexity index is 936. The highest BCUT2D eigenvalue weighted by Crippen LogP contribution is 2.30. The minimum Gasteiger partial charge on any atom is -0.497 e. The number of hydrogen-bond acceptors (Lipinski definition) is 7. The number of rotatable bonds is 7. The van der Waals surface area contributed by atoms with Gasteiger partial charge in [0.2, 0.25) is 10.0 Å².